The summed E-state index contributed by atoms with van der Waals surface area (Å²) in [5, 5.41) is 4.34. The second-order valence-corrected chi connectivity index (χ2v) is 7.15. The third-order valence-corrected chi connectivity index (χ3v) is 5.15. The van der Waals surface area contributed by atoms with E-state index in [0.717, 1.165) is 64.5 Å². The Kier molecular flexibility index (Phi) is 6.26. The molecule has 6 nitrogen and oxygen atoms in total. The number of hydrogen-bond acceptors (Lipinski definition) is 4. The van der Waals surface area contributed by atoms with E-state index in [1.165, 1.54) is 6.42 Å². The molecule has 1 aliphatic carbocycles. The van der Waals surface area contributed by atoms with Crippen LogP contribution in [0.25, 0.3) is 0 Å². The van der Waals surface area contributed by atoms with Crippen LogP contribution in [0.3, 0.4) is 0 Å². The number of hydrogen-bond donors (Lipinski definition) is 0. The van der Waals surface area contributed by atoms with E-state index in [0.29, 0.717) is 11.6 Å². The topological polar surface area (TPSA) is 50.6 Å². The number of morpholine rings is 1. The first-order valence-corrected chi connectivity index (χ1v) is 9.38. The molecule has 1 atom stereocenters. The third kappa shape index (κ3) is 4.92. The summed E-state index contributed by atoms with van der Waals surface area (Å²) in [4.78, 5) is 17.6. The largest absolute Gasteiger partial charge is 0.379 e. The zero-order chi connectivity index (χ0) is 17.6. The molecular weight excluding hydrogens is 316 g/mol. The van der Waals surface area contributed by atoms with Crippen LogP contribution in [0, 0.1) is 12.8 Å². The Morgan fingerprint density at radius 2 is 2.16 bits per heavy atom. The quantitative estimate of drug-likeness (QED) is 0.738. The molecule has 0 bridgehead atoms. The molecule has 0 unspecified atom stereocenters. The molecular formula is C19H30N4O2. The molecule has 0 radical (unpaired) electrons. The highest BCUT2D eigenvalue weighted by molar-refractivity contribution is 5.92. The fourth-order valence-electron chi connectivity index (χ4n) is 3.67. The first-order valence-electron chi connectivity index (χ1n) is 9.38. The van der Waals surface area contributed by atoms with Crippen LogP contribution >= 0.6 is 0 Å². The number of aromatic nitrogens is 2. The minimum absolute atomic E-state index is 0.103. The average Bonchev–Trinajstić information content (AvgIpc) is 2.98. The minimum Gasteiger partial charge on any atom is -0.379 e. The molecule has 0 aromatic carbocycles. The number of aryl methyl sites for hydroxylation is 2. The number of carbonyl (C=O) groups excluding carboxylic acids is 1. The van der Waals surface area contributed by atoms with Crippen molar-refractivity contribution in [3.8, 4) is 0 Å². The van der Waals surface area contributed by atoms with Crippen molar-refractivity contribution in [1.29, 1.82) is 0 Å². The fourth-order valence-corrected chi connectivity index (χ4v) is 3.67. The van der Waals surface area contributed by atoms with E-state index in [2.05, 4.69) is 22.2 Å². The van der Waals surface area contributed by atoms with Crippen molar-refractivity contribution < 1.29 is 9.53 Å². The number of nitrogens with zero attached hydrogens (tertiary/aromatic N) is 4. The zero-order valence-electron chi connectivity index (χ0n) is 15.5. The lowest BCUT2D eigenvalue weighted by molar-refractivity contribution is 0.0313. The van der Waals surface area contributed by atoms with Crippen molar-refractivity contribution in [3.63, 3.8) is 0 Å². The van der Waals surface area contributed by atoms with E-state index in [9.17, 15) is 4.79 Å². The predicted octanol–water partition coefficient (Wildman–Crippen LogP) is 1.86. The molecule has 2 heterocycles. The smallest absolute Gasteiger partial charge is 0.272 e. The van der Waals surface area contributed by atoms with Gasteiger partial charge in [0.05, 0.1) is 18.9 Å². The van der Waals surface area contributed by atoms with Crippen LogP contribution in [0.4, 0.5) is 0 Å². The van der Waals surface area contributed by atoms with Gasteiger partial charge >= 0.3 is 0 Å². The zero-order valence-corrected chi connectivity index (χ0v) is 15.5. The second-order valence-electron chi connectivity index (χ2n) is 7.15. The van der Waals surface area contributed by atoms with Gasteiger partial charge in [-0.1, -0.05) is 12.2 Å². The van der Waals surface area contributed by atoms with E-state index in [-0.39, 0.29) is 5.91 Å². The van der Waals surface area contributed by atoms with E-state index in [4.69, 9.17) is 4.74 Å². The molecule has 3 rings (SSSR count). The Morgan fingerprint density at radius 3 is 2.80 bits per heavy atom. The van der Waals surface area contributed by atoms with Gasteiger partial charge in [-0.05, 0) is 38.2 Å². The van der Waals surface area contributed by atoms with Crippen molar-refractivity contribution in [2.75, 3.05) is 45.9 Å². The Bertz CT molecular complexity index is 605. The summed E-state index contributed by atoms with van der Waals surface area (Å²) in [5.41, 5.74) is 1.57. The number of ether oxygens (including phenoxy) is 1. The SMILES string of the molecule is Cc1cc(C(=O)N(CCN2CCOCC2)C[C@H]2CC=CCC2)n(C)n1. The molecule has 6 heteroatoms. The molecule has 0 spiro atoms. The molecule has 2 aliphatic rings. The lowest BCUT2D eigenvalue weighted by Crippen LogP contribution is -2.44. The Hall–Kier alpha value is -1.66. The lowest BCUT2D eigenvalue weighted by atomic mass is 9.94. The van der Waals surface area contributed by atoms with Gasteiger partial charge in [0.15, 0.2) is 0 Å². The van der Waals surface area contributed by atoms with Crippen molar-refractivity contribution in [2.24, 2.45) is 13.0 Å². The third-order valence-electron chi connectivity index (χ3n) is 5.15. The Labute approximate surface area is 150 Å². The molecule has 0 N–H and O–H groups in total. The van der Waals surface area contributed by atoms with Crippen molar-refractivity contribution >= 4 is 5.91 Å². The summed E-state index contributed by atoms with van der Waals surface area (Å²) in [6.45, 7) is 7.94. The molecule has 1 aliphatic heterocycles. The lowest BCUT2D eigenvalue weighted by Gasteiger charge is -2.32. The van der Waals surface area contributed by atoms with Crippen LogP contribution in [0.2, 0.25) is 0 Å². The second kappa shape index (κ2) is 8.63. The number of amides is 1. The minimum atomic E-state index is 0.103. The van der Waals surface area contributed by atoms with Gasteiger partial charge in [-0.25, -0.2) is 0 Å². The predicted molar refractivity (Wildman–Crippen MR) is 97.6 cm³/mol. The summed E-state index contributed by atoms with van der Waals surface area (Å²) in [5.74, 6) is 0.666. The molecule has 138 valence electrons. The van der Waals surface area contributed by atoms with Crippen LogP contribution in [-0.4, -0.2) is 71.4 Å². The van der Waals surface area contributed by atoms with E-state index >= 15 is 0 Å². The Balaban J connectivity index is 1.67. The summed E-state index contributed by atoms with van der Waals surface area (Å²) < 4.78 is 7.13. The van der Waals surface area contributed by atoms with Gasteiger partial charge in [0.1, 0.15) is 5.69 Å². The van der Waals surface area contributed by atoms with Crippen LogP contribution in [0.15, 0.2) is 18.2 Å². The summed E-state index contributed by atoms with van der Waals surface area (Å²) in [6.07, 6.45) is 7.88. The molecule has 25 heavy (non-hydrogen) atoms. The highest BCUT2D eigenvalue weighted by Gasteiger charge is 2.24. The standard InChI is InChI=1S/C19H30N4O2/c1-16-14-18(21(2)20-16)19(24)23(15-17-6-4-3-5-7-17)9-8-22-10-12-25-13-11-22/h3-4,14,17H,5-13,15H2,1-2H3/t17-/m0/s1. The van der Waals surface area contributed by atoms with Crippen molar-refractivity contribution in [1.82, 2.24) is 19.6 Å². The van der Waals surface area contributed by atoms with Gasteiger partial charge in [0.25, 0.3) is 5.91 Å². The van der Waals surface area contributed by atoms with Gasteiger partial charge in [-0.2, -0.15) is 5.10 Å². The van der Waals surface area contributed by atoms with Gasteiger partial charge in [-0.3, -0.25) is 14.4 Å². The van der Waals surface area contributed by atoms with Crippen molar-refractivity contribution in [2.45, 2.75) is 26.2 Å². The van der Waals surface area contributed by atoms with E-state index in [1.807, 2.05) is 24.9 Å². The normalized spacial score (nSPS) is 21.4. The van der Waals surface area contributed by atoms with E-state index < -0.39 is 0 Å². The highest BCUT2D eigenvalue weighted by atomic mass is 16.5. The van der Waals surface area contributed by atoms with Crippen molar-refractivity contribution in [3.05, 3.63) is 29.6 Å². The number of allylic oxidation sites excluding steroid dienone is 2. The van der Waals surface area contributed by atoms with Crippen LogP contribution < -0.4 is 0 Å². The molecule has 1 aromatic heterocycles. The first-order chi connectivity index (χ1) is 12.1. The Morgan fingerprint density at radius 1 is 1.36 bits per heavy atom. The molecule has 1 saturated heterocycles. The van der Waals surface area contributed by atoms with Crippen LogP contribution in [0.5, 0.6) is 0 Å². The summed E-state index contributed by atoms with van der Waals surface area (Å²) >= 11 is 0. The highest BCUT2D eigenvalue weighted by Crippen LogP contribution is 2.20. The summed E-state index contributed by atoms with van der Waals surface area (Å²) in [7, 11) is 1.85. The molecule has 1 amide bonds. The molecule has 1 fully saturated rings. The number of carbonyl (C=O) groups is 1. The monoisotopic (exact) mass is 346 g/mol. The molecule has 0 saturated carbocycles. The maximum Gasteiger partial charge on any atom is 0.272 e. The summed E-state index contributed by atoms with van der Waals surface area (Å²) in [6, 6.07) is 1.89. The number of rotatable bonds is 6. The fraction of sp³-hybridized carbons (Fsp3) is 0.684. The maximum absolute atomic E-state index is 13.1. The van der Waals surface area contributed by atoms with Gasteiger partial charge < -0.3 is 9.64 Å². The van der Waals surface area contributed by atoms with Crippen LogP contribution in [0.1, 0.15) is 35.4 Å². The van der Waals surface area contributed by atoms with Gasteiger partial charge in [0.2, 0.25) is 0 Å². The van der Waals surface area contributed by atoms with Gasteiger partial charge in [0, 0.05) is 39.8 Å². The first kappa shape index (κ1) is 18.1. The maximum atomic E-state index is 13.1. The van der Waals surface area contributed by atoms with E-state index in [1.54, 1.807) is 4.68 Å². The van der Waals surface area contributed by atoms with Crippen LogP contribution in [-0.2, 0) is 11.8 Å². The van der Waals surface area contributed by atoms with Gasteiger partial charge in [-0.15, -0.1) is 0 Å². The average molecular weight is 346 g/mol. The molecule has 1 aromatic rings.